The molecule has 1 aliphatic carbocycles. The van der Waals surface area contributed by atoms with Crippen LogP contribution in [0.1, 0.15) is 49.0 Å². The molecule has 128 valence electrons. The maximum Gasteiger partial charge on any atom is 0.267 e. The van der Waals surface area contributed by atoms with Crippen molar-refractivity contribution in [2.45, 2.75) is 38.5 Å². The van der Waals surface area contributed by atoms with Crippen molar-refractivity contribution in [3.63, 3.8) is 0 Å². The summed E-state index contributed by atoms with van der Waals surface area (Å²) in [5.41, 5.74) is 1.46. The van der Waals surface area contributed by atoms with Crippen molar-refractivity contribution < 1.29 is 9.59 Å². The second-order valence-corrected chi connectivity index (χ2v) is 6.58. The normalized spacial score (nSPS) is 15.3. The number of aromatic nitrogens is 1. The molecule has 1 saturated carbocycles. The number of carbonyl (C=O) groups is 2. The quantitative estimate of drug-likeness (QED) is 0.763. The van der Waals surface area contributed by atoms with Crippen molar-refractivity contribution in [3.8, 4) is 0 Å². The van der Waals surface area contributed by atoms with E-state index in [1.54, 1.807) is 0 Å². The first kappa shape index (κ1) is 16.6. The van der Waals surface area contributed by atoms with Crippen molar-refractivity contribution in [2.75, 3.05) is 13.1 Å². The summed E-state index contributed by atoms with van der Waals surface area (Å²) in [6.45, 7) is 1.12. The zero-order valence-electron chi connectivity index (χ0n) is 13.9. The van der Waals surface area contributed by atoms with Crippen LogP contribution in [-0.2, 0) is 4.79 Å². The van der Waals surface area contributed by atoms with E-state index < -0.39 is 0 Å². The fourth-order valence-electron chi connectivity index (χ4n) is 3.32. The van der Waals surface area contributed by atoms with Crippen LogP contribution in [0.5, 0.6) is 0 Å². The van der Waals surface area contributed by atoms with E-state index in [1.165, 1.54) is 32.1 Å². The molecule has 1 aromatic carbocycles. The molecule has 1 fully saturated rings. The van der Waals surface area contributed by atoms with Crippen LogP contribution in [0.4, 0.5) is 0 Å². The van der Waals surface area contributed by atoms with Crippen LogP contribution in [-0.4, -0.2) is 29.9 Å². The van der Waals surface area contributed by atoms with Gasteiger partial charge in [0.25, 0.3) is 5.91 Å². The van der Waals surface area contributed by atoms with Gasteiger partial charge in [0, 0.05) is 30.4 Å². The maximum absolute atomic E-state index is 12.1. The Morgan fingerprint density at radius 3 is 2.67 bits per heavy atom. The fourth-order valence-corrected chi connectivity index (χ4v) is 3.32. The molecular formula is C19H25N3O2. The SMILES string of the molecule is O=C(CCNC(=O)c1cc2ccccc2[nH]1)NCC1CCCCC1. The zero-order valence-corrected chi connectivity index (χ0v) is 13.9. The van der Waals surface area contributed by atoms with E-state index in [1.807, 2.05) is 30.3 Å². The number of carbonyl (C=O) groups excluding carboxylic acids is 2. The van der Waals surface area contributed by atoms with E-state index in [0.717, 1.165) is 17.4 Å². The highest BCUT2D eigenvalue weighted by molar-refractivity contribution is 5.98. The number of rotatable bonds is 6. The van der Waals surface area contributed by atoms with Crippen LogP contribution in [0.3, 0.4) is 0 Å². The van der Waals surface area contributed by atoms with Gasteiger partial charge in [-0.25, -0.2) is 0 Å². The minimum Gasteiger partial charge on any atom is -0.356 e. The van der Waals surface area contributed by atoms with Crippen molar-refractivity contribution in [3.05, 3.63) is 36.0 Å². The van der Waals surface area contributed by atoms with Gasteiger partial charge in [0.05, 0.1) is 0 Å². The van der Waals surface area contributed by atoms with Gasteiger partial charge >= 0.3 is 0 Å². The van der Waals surface area contributed by atoms with Gasteiger partial charge in [-0.1, -0.05) is 37.5 Å². The number of hydrogen-bond acceptors (Lipinski definition) is 2. The summed E-state index contributed by atoms with van der Waals surface area (Å²) in [5.74, 6) is 0.465. The van der Waals surface area contributed by atoms with Crippen LogP contribution in [0.25, 0.3) is 10.9 Å². The van der Waals surface area contributed by atoms with Gasteiger partial charge in [0.2, 0.25) is 5.91 Å². The second-order valence-electron chi connectivity index (χ2n) is 6.58. The van der Waals surface area contributed by atoms with Crippen LogP contribution < -0.4 is 10.6 Å². The smallest absolute Gasteiger partial charge is 0.267 e. The third-order valence-electron chi connectivity index (χ3n) is 4.72. The van der Waals surface area contributed by atoms with Crippen molar-refractivity contribution in [2.24, 2.45) is 5.92 Å². The fraction of sp³-hybridized carbons (Fsp3) is 0.474. The maximum atomic E-state index is 12.1. The highest BCUT2D eigenvalue weighted by Crippen LogP contribution is 2.22. The largest absolute Gasteiger partial charge is 0.356 e. The lowest BCUT2D eigenvalue weighted by molar-refractivity contribution is -0.121. The average molecular weight is 327 g/mol. The standard InChI is InChI=1S/C19H25N3O2/c23-18(21-13-14-6-2-1-3-7-14)10-11-20-19(24)17-12-15-8-4-5-9-16(15)22-17/h4-5,8-9,12,14,22H,1-3,6-7,10-11,13H2,(H,20,24)(H,21,23). The third-order valence-corrected chi connectivity index (χ3v) is 4.72. The number of amides is 2. The van der Waals surface area contributed by atoms with Gasteiger partial charge in [0.15, 0.2) is 0 Å². The van der Waals surface area contributed by atoms with Crippen molar-refractivity contribution in [1.82, 2.24) is 15.6 Å². The lowest BCUT2D eigenvalue weighted by atomic mass is 9.89. The van der Waals surface area contributed by atoms with Crippen LogP contribution >= 0.6 is 0 Å². The molecule has 5 nitrogen and oxygen atoms in total. The lowest BCUT2D eigenvalue weighted by Crippen LogP contribution is -2.33. The Kier molecular flexibility index (Phi) is 5.51. The number of para-hydroxylation sites is 1. The minimum absolute atomic E-state index is 0.0116. The molecule has 2 aromatic rings. The van der Waals surface area contributed by atoms with Gasteiger partial charge in [-0.2, -0.15) is 0 Å². The Morgan fingerprint density at radius 1 is 1.08 bits per heavy atom. The Bertz CT molecular complexity index is 668. The molecule has 5 heteroatoms. The highest BCUT2D eigenvalue weighted by atomic mass is 16.2. The van der Waals surface area contributed by atoms with Gasteiger partial charge in [-0.3, -0.25) is 9.59 Å². The molecule has 24 heavy (non-hydrogen) atoms. The Labute approximate surface area is 142 Å². The summed E-state index contributed by atoms with van der Waals surface area (Å²) >= 11 is 0. The molecule has 1 aromatic heterocycles. The molecule has 1 heterocycles. The van der Waals surface area contributed by atoms with Crippen LogP contribution in [0, 0.1) is 5.92 Å². The van der Waals surface area contributed by atoms with Gasteiger partial charge < -0.3 is 15.6 Å². The Balaban J connectivity index is 1.38. The first-order valence-corrected chi connectivity index (χ1v) is 8.85. The minimum atomic E-state index is -0.175. The van der Waals surface area contributed by atoms with E-state index in [2.05, 4.69) is 15.6 Å². The third kappa shape index (κ3) is 4.37. The summed E-state index contributed by atoms with van der Waals surface area (Å²) in [6.07, 6.45) is 6.64. The molecule has 0 spiro atoms. The highest BCUT2D eigenvalue weighted by Gasteiger charge is 2.14. The van der Waals surface area contributed by atoms with Crippen molar-refractivity contribution in [1.29, 1.82) is 0 Å². The summed E-state index contributed by atoms with van der Waals surface area (Å²) in [5, 5.41) is 6.79. The van der Waals surface area contributed by atoms with E-state index in [-0.39, 0.29) is 11.8 Å². The predicted octanol–water partition coefficient (Wildman–Crippen LogP) is 2.98. The molecule has 0 atom stereocenters. The molecular weight excluding hydrogens is 302 g/mol. The second kappa shape index (κ2) is 7.99. The predicted molar refractivity (Wildman–Crippen MR) is 94.8 cm³/mol. The number of hydrogen-bond donors (Lipinski definition) is 3. The first-order chi connectivity index (χ1) is 11.7. The van der Waals surface area contributed by atoms with Crippen LogP contribution in [0.15, 0.2) is 30.3 Å². The van der Waals surface area contributed by atoms with Crippen LogP contribution in [0.2, 0.25) is 0 Å². The Hall–Kier alpha value is -2.30. The molecule has 3 N–H and O–H groups in total. The van der Waals surface area contributed by atoms with E-state index in [4.69, 9.17) is 0 Å². The van der Waals surface area contributed by atoms with Gasteiger partial charge in [0.1, 0.15) is 5.69 Å². The molecule has 0 radical (unpaired) electrons. The summed E-state index contributed by atoms with van der Waals surface area (Å²) in [6, 6.07) is 9.59. The number of fused-ring (bicyclic) bond motifs is 1. The van der Waals surface area contributed by atoms with E-state index >= 15 is 0 Å². The molecule has 0 aliphatic heterocycles. The summed E-state index contributed by atoms with van der Waals surface area (Å²) in [4.78, 5) is 27.1. The first-order valence-electron chi connectivity index (χ1n) is 8.85. The summed E-state index contributed by atoms with van der Waals surface area (Å²) < 4.78 is 0. The topological polar surface area (TPSA) is 74.0 Å². The number of benzene rings is 1. The Morgan fingerprint density at radius 2 is 1.88 bits per heavy atom. The van der Waals surface area contributed by atoms with E-state index in [9.17, 15) is 9.59 Å². The molecule has 3 rings (SSSR count). The summed E-state index contributed by atoms with van der Waals surface area (Å²) in [7, 11) is 0. The molecule has 0 unspecified atom stereocenters. The number of H-pyrrole nitrogens is 1. The van der Waals surface area contributed by atoms with Gasteiger partial charge in [-0.05, 0) is 30.9 Å². The number of aromatic amines is 1. The van der Waals surface area contributed by atoms with E-state index in [0.29, 0.717) is 24.6 Å². The lowest BCUT2D eigenvalue weighted by Gasteiger charge is -2.21. The molecule has 2 amide bonds. The van der Waals surface area contributed by atoms with Gasteiger partial charge in [-0.15, -0.1) is 0 Å². The molecule has 0 saturated heterocycles. The van der Waals surface area contributed by atoms with Crippen molar-refractivity contribution >= 4 is 22.7 Å². The average Bonchev–Trinajstić information content (AvgIpc) is 3.05. The monoisotopic (exact) mass is 327 g/mol. The molecule has 0 bridgehead atoms. The number of nitrogens with one attached hydrogen (secondary N) is 3. The zero-order chi connectivity index (χ0) is 16.8. The molecule has 1 aliphatic rings.